The molecule has 0 atom stereocenters. The highest BCUT2D eigenvalue weighted by Gasteiger charge is 2.17. The van der Waals surface area contributed by atoms with Gasteiger partial charge in [0.2, 0.25) is 5.91 Å². The van der Waals surface area contributed by atoms with Crippen molar-refractivity contribution in [3.63, 3.8) is 0 Å². The number of fused-ring (bicyclic) bond motifs is 1. The van der Waals surface area contributed by atoms with E-state index < -0.39 is 0 Å². The third kappa shape index (κ3) is 3.35. The minimum absolute atomic E-state index is 0.0335. The van der Waals surface area contributed by atoms with E-state index in [1.165, 1.54) is 15.9 Å². The van der Waals surface area contributed by atoms with Crippen molar-refractivity contribution in [3.8, 4) is 10.4 Å². The van der Waals surface area contributed by atoms with E-state index in [2.05, 4.69) is 4.98 Å². The van der Waals surface area contributed by atoms with Gasteiger partial charge in [0.05, 0.1) is 5.39 Å². The molecule has 0 aliphatic rings. The Balaban J connectivity index is 2.04. The summed E-state index contributed by atoms with van der Waals surface area (Å²) < 4.78 is 1.48. The van der Waals surface area contributed by atoms with Crippen LogP contribution < -0.4 is 5.56 Å². The van der Waals surface area contributed by atoms with Crippen LogP contribution in [0.1, 0.15) is 19.7 Å². The lowest BCUT2D eigenvalue weighted by Crippen LogP contribution is -2.37. The summed E-state index contributed by atoms with van der Waals surface area (Å²) in [4.78, 5) is 33.3. The number of carbonyl (C=O) groups excluding carboxylic acids is 1. The molecule has 0 saturated heterocycles. The number of nitrogens with zero attached hydrogens (tertiary/aromatic N) is 3. The van der Waals surface area contributed by atoms with Crippen LogP contribution in [0.15, 0.2) is 41.2 Å². The number of hydrogen-bond donors (Lipinski definition) is 0. The quantitative estimate of drug-likeness (QED) is 0.706. The minimum atomic E-state index is -0.151. The smallest absolute Gasteiger partial charge is 0.262 e. The number of likely N-dealkylation sites (N-methyl/N-ethyl adjacent to an activating group) is 1. The van der Waals surface area contributed by atoms with Crippen LogP contribution >= 0.6 is 11.3 Å². The van der Waals surface area contributed by atoms with Crippen molar-refractivity contribution in [2.75, 3.05) is 13.1 Å². The first-order valence-corrected chi connectivity index (χ1v) is 9.21. The molecule has 0 unspecified atom stereocenters. The van der Waals surface area contributed by atoms with E-state index in [9.17, 15) is 9.59 Å². The maximum Gasteiger partial charge on any atom is 0.262 e. The van der Waals surface area contributed by atoms with Crippen molar-refractivity contribution < 1.29 is 4.79 Å². The maximum atomic E-state index is 12.9. The molecule has 1 aromatic carbocycles. The summed E-state index contributed by atoms with van der Waals surface area (Å²) in [7, 11) is 0. The van der Waals surface area contributed by atoms with Crippen LogP contribution in [0.5, 0.6) is 0 Å². The zero-order valence-electron chi connectivity index (χ0n) is 14.7. The standard InChI is InChI=1S/C19H21N3O2S/c1-4-21(5-2)17(23)12-22-13(3)20-18-15(19(22)24)11-16(25-18)14-9-7-6-8-10-14/h6-11H,4-5,12H2,1-3H3. The van der Waals surface area contributed by atoms with Gasteiger partial charge in [0.15, 0.2) is 0 Å². The molecule has 2 aromatic heterocycles. The van der Waals surface area contributed by atoms with Gasteiger partial charge in [-0.15, -0.1) is 11.3 Å². The molecule has 2 heterocycles. The Hall–Kier alpha value is -2.47. The average Bonchev–Trinajstić information content (AvgIpc) is 3.04. The molecule has 0 saturated carbocycles. The second kappa shape index (κ2) is 7.19. The number of hydrogen-bond acceptors (Lipinski definition) is 4. The highest BCUT2D eigenvalue weighted by molar-refractivity contribution is 7.21. The summed E-state index contributed by atoms with van der Waals surface area (Å²) in [6, 6.07) is 11.8. The Labute approximate surface area is 150 Å². The van der Waals surface area contributed by atoms with Crippen molar-refractivity contribution in [2.45, 2.75) is 27.3 Å². The molecular weight excluding hydrogens is 334 g/mol. The molecule has 0 radical (unpaired) electrons. The van der Waals surface area contributed by atoms with E-state index >= 15 is 0 Å². The number of thiophene rings is 1. The zero-order valence-corrected chi connectivity index (χ0v) is 15.5. The van der Waals surface area contributed by atoms with Gasteiger partial charge in [-0.2, -0.15) is 0 Å². The van der Waals surface area contributed by atoms with Gasteiger partial charge in [-0.1, -0.05) is 30.3 Å². The van der Waals surface area contributed by atoms with Crippen molar-refractivity contribution in [3.05, 3.63) is 52.6 Å². The molecule has 3 aromatic rings. The summed E-state index contributed by atoms with van der Waals surface area (Å²) in [6.07, 6.45) is 0. The maximum absolute atomic E-state index is 12.9. The number of aromatic nitrogens is 2. The van der Waals surface area contributed by atoms with Crippen LogP contribution in [-0.4, -0.2) is 33.4 Å². The first kappa shape index (κ1) is 17.4. The monoisotopic (exact) mass is 355 g/mol. The molecule has 0 aliphatic heterocycles. The van der Waals surface area contributed by atoms with Gasteiger partial charge in [-0.05, 0) is 32.4 Å². The number of carbonyl (C=O) groups is 1. The second-order valence-corrected chi connectivity index (χ2v) is 6.84. The number of rotatable bonds is 5. The van der Waals surface area contributed by atoms with Crippen LogP contribution in [0.4, 0.5) is 0 Å². The molecule has 3 rings (SSSR count). The van der Waals surface area contributed by atoms with Crippen LogP contribution in [-0.2, 0) is 11.3 Å². The number of benzene rings is 1. The lowest BCUT2D eigenvalue weighted by atomic mass is 10.2. The van der Waals surface area contributed by atoms with Crippen molar-refractivity contribution in [2.24, 2.45) is 0 Å². The van der Waals surface area contributed by atoms with Crippen molar-refractivity contribution in [1.29, 1.82) is 0 Å². The third-order valence-corrected chi connectivity index (χ3v) is 5.39. The van der Waals surface area contributed by atoms with Crippen LogP contribution in [0.25, 0.3) is 20.7 Å². The van der Waals surface area contributed by atoms with Gasteiger partial charge in [-0.25, -0.2) is 4.98 Å². The fourth-order valence-corrected chi connectivity index (χ4v) is 3.93. The molecule has 0 aliphatic carbocycles. The molecule has 0 N–H and O–H groups in total. The predicted octanol–water partition coefficient (Wildman–Crippen LogP) is 3.30. The van der Waals surface area contributed by atoms with Crippen LogP contribution in [0, 0.1) is 6.92 Å². The van der Waals surface area contributed by atoms with Crippen LogP contribution in [0.3, 0.4) is 0 Å². The Kier molecular flexibility index (Phi) is 4.99. The summed E-state index contributed by atoms with van der Waals surface area (Å²) in [5.41, 5.74) is 0.912. The van der Waals surface area contributed by atoms with E-state index in [1.807, 2.05) is 50.2 Å². The van der Waals surface area contributed by atoms with E-state index in [4.69, 9.17) is 0 Å². The SMILES string of the molecule is CCN(CC)C(=O)Cn1c(C)nc2sc(-c3ccccc3)cc2c1=O. The third-order valence-electron chi connectivity index (χ3n) is 4.31. The Morgan fingerprint density at radius 1 is 1.20 bits per heavy atom. The van der Waals surface area contributed by atoms with Crippen LogP contribution in [0.2, 0.25) is 0 Å². The molecule has 130 valence electrons. The largest absolute Gasteiger partial charge is 0.342 e. The summed E-state index contributed by atoms with van der Waals surface area (Å²) in [6.45, 7) is 6.95. The zero-order chi connectivity index (χ0) is 18.0. The fourth-order valence-electron chi connectivity index (χ4n) is 2.86. The fraction of sp³-hybridized carbons (Fsp3) is 0.316. The normalized spacial score (nSPS) is 11.0. The van der Waals surface area contributed by atoms with E-state index in [0.717, 1.165) is 10.4 Å². The summed E-state index contributed by atoms with van der Waals surface area (Å²) in [5.74, 6) is 0.509. The summed E-state index contributed by atoms with van der Waals surface area (Å²) >= 11 is 1.50. The van der Waals surface area contributed by atoms with Gasteiger partial charge in [0.1, 0.15) is 17.2 Å². The predicted molar refractivity (Wildman–Crippen MR) is 102 cm³/mol. The molecule has 5 nitrogen and oxygen atoms in total. The molecule has 0 spiro atoms. The van der Waals surface area contributed by atoms with Gasteiger partial charge in [0, 0.05) is 18.0 Å². The summed E-state index contributed by atoms with van der Waals surface area (Å²) in [5, 5.41) is 0.571. The van der Waals surface area contributed by atoms with Gasteiger partial charge in [-0.3, -0.25) is 14.2 Å². The van der Waals surface area contributed by atoms with Gasteiger partial charge < -0.3 is 4.90 Å². The van der Waals surface area contributed by atoms with E-state index in [-0.39, 0.29) is 18.0 Å². The molecule has 6 heteroatoms. The molecule has 0 bridgehead atoms. The topological polar surface area (TPSA) is 55.2 Å². The molecular formula is C19H21N3O2S. The number of amides is 1. The van der Waals surface area contributed by atoms with Crippen molar-refractivity contribution in [1.82, 2.24) is 14.5 Å². The Morgan fingerprint density at radius 2 is 1.88 bits per heavy atom. The minimum Gasteiger partial charge on any atom is -0.342 e. The van der Waals surface area contributed by atoms with E-state index in [0.29, 0.717) is 29.1 Å². The van der Waals surface area contributed by atoms with Crippen molar-refractivity contribution >= 4 is 27.5 Å². The van der Waals surface area contributed by atoms with Gasteiger partial charge >= 0.3 is 0 Å². The Morgan fingerprint density at radius 3 is 2.52 bits per heavy atom. The second-order valence-electron chi connectivity index (χ2n) is 5.81. The lowest BCUT2D eigenvalue weighted by molar-refractivity contribution is -0.131. The average molecular weight is 355 g/mol. The lowest BCUT2D eigenvalue weighted by Gasteiger charge is -2.19. The molecule has 1 amide bonds. The first-order chi connectivity index (χ1) is 12.0. The Bertz CT molecular complexity index is 956. The first-order valence-electron chi connectivity index (χ1n) is 8.39. The molecule has 0 fully saturated rings. The van der Waals surface area contributed by atoms with E-state index in [1.54, 1.807) is 11.8 Å². The number of aryl methyl sites for hydroxylation is 1. The highest BCUT2D eigenvalue weighted by atomic mass is 32.1. The molecule has 25 heavy (non-hydrogen) atoms. The van der Waals surface area contributed by atoms with Gasteiger partial charge in [0.25, 0.3) is 5.56 Å². The highest BCUT2D eigenvalue weighted by Crippen LogP contribution is 2.30.